The lowest BCUT2D eigenvalue weighted by Crippen LogP contribution is -2.11. The lowest BCUT2D eigenvalue weighted by atomic mass is 10.0. The van der Waals surface area contributed by atoms with Crippen LogP contribution >= 0.6 is 0 Å². The number of carbonyl (C=O) groups excluding carboxylic acids is 1. The number of hydrogen-bond acceptors (Lipinski definition) is 5. The highest BCUT2D eigenvalue weighted by atomic mass is 16.3. The first-order chi connectivity index (χ1) is 14.5. The van der Waals surface area contributed by atoms with Gasteiger partial charge in [-0.05, 0) is 31.5 Å². The molecule has 7 nitrogen and oxygen atoms in total. The number of amides is 1. The third-order valence-corrected chi connectivity index (χ3v) is 5.07. The van der Waals surface area contributed by atoms with Crippen molar-refractivity contribution in [2.75, 3.05) is 5.32 Å². The largest absolute Gasteiger partial charge is 0.389 e. The Hall–Kier alpha value is -3.71. The molecule has 1 amide bonds. The Morgan fingerprint density at radius 1 is 1.20 bits per heavy atom. The third-order valence-electron chi connectivity index (χ3n) is 5.07. The van der Waals surface area contributed by atoms with E-state index in [1.54, 1.807) is 25.3 Å². The highest BCUT2D eigenvalue weighted by molar-refractivity contribution is 6.11. The molecule has 0 aliphatic heterocycles. The number of aromatic amines is 1. The number of aliphatic hydroxyl groups excluding tert-OH is 1. The average molecular weight is 401 g/mol. The van der Waals surface area contributed by atoms with E-state index in [0.29, 0.717) is 34.7 Å². The van der Waals surface area contributed by atoms with Crippen LogP contribution in [0.1, 0.15) is 40.2 Å². The van der Waals surface area contributed by atoms with Gasteiger partial charge in [-0.25, -0.2) is 9.97 Å². The number of nitrogens with zero attached hydrogens (tertiary/aromatic N) is 2. The summed E-state index contributed by atoms with van der Waals surface area (Å²) in [6.07, 6.45) is 0.883. The summed E-state index contributed by atoms with van der Waals surface area (Å²) in [5.74, 6) is 0.487. The summed E-state index contributed by atoms with van der Waals surface area (Å²) in [7, 11) is 0. The van der Waals surface area contributed by atoms with Crippen LogP contribution in [-0.4, -0.2) is 26.0 Å². The molecule has 1 unspecified atom stereocenters. The number of benzene rings is 2. The fourth-order valence-electron chi connectivity index (χ4n) is 3.60. The van der Waals surface area contributed by atoms with Crippen molar-refractivity contribution < 1.29 is 9.90 Å². The highest BCUT2D eigenvalue weighted by Gasteiger charge is 2.20. The number of aromatic nitrogens is 3. The van der Waals surface area contributed by atoms with Crippen LogP contribution in [-0.2, 0) is 6.54 Å². The van der Waals surface area contributed by atoms with Crippen molar-refractivity contribution in [2.24, 2.45) is 5.73 Å². The fourth-order valence-corrected chi connectivity index (χ4v) is 3.60. The second kappa shape index (κ2) is 7.96. The standard InChI is InChI=1S/C23H23N5O2/c1-13-19(20-16(21(24)30)9-6-10-18(20)27-13)23-26-12-17(14(2)29)22(28-23)25-11-15-7-4-3-5-8-15/h3-10,12,14,27,29H,11H2,1-2H3,(H2,24,30)(H,25,26,28). The molecule has 0 fully saturated rings. The Morgan fingerprint density at radius 3 is 2.67 bits per heavy atom. The molecule has 0 spiro atoms. The SMILES string of the molecule is Cc1[nH]c2cccc(C(N)=O)c2c1-c1ncc(C(C)O)c(NCc2ccccc2)n1. The lowest BCUT2D eigenvalue weighted by molar-refractivity contribution is 0.100. The molecule has 2 aromatic heterocycles. The molecule has 0 bridgehead atoms. The van der Waals surface area contributed by atoms with Crippen molar-refractivity contribution >= 4 is 22.6 Å². The number of nitrogens with one attached hydrogen (secondary N) is 2. The number of fused-ring (bicyclic) bond motifs is 1. The van der Waals surface area contributed by atoms with E-state index in [4.69, 9.17) is 10.7 Å². The van der Waals surface area contributed by atoms with E-state index in [0.717, 1.165) is 22.3 Å². The molecule has 2 heterocycles. The summed E-state index contributed by atoms with van der Waals surface area (Å²) in [5.41, 5.74) is 10.0. The first-order valence-electron chi connectivity index (χ1n) is 9.70. The summed E-state index contributed by atoms with van der Waals surface area (Å²) >= 11 is 0. The van der Waals surface area contributed by atoms with Crippen molar-refractivity contribution in [3.63, 3.8) is 0 Å². The number of H-pyrrole nitrogens is 1. The van der Waals surface area contributed by atoms with E-state index in [2.05, 4.69) is 15.3 Å². The van der Waals surface area contributed by atoms with Crippen LogP contribution in [0.5, 0.6) is 0 Å². The molecule has 4 rings (SSSR count). The predicted octanol–water partition coefficient (Wildman–Crippen LogP) is 3.70. The Morgan fingerprint density at radius 2 is 1.97 bits per heavy atom. The average Bonchev–Trinajstić information content (AvgIpc) is 3.08. The number of nitrogens with two attached hydrogens (primary N) is 1. The van der Waals surface area contributed by atoms with Gasteiger partial charge in [-0.3, -0.25) is 4.79 Å². The number of aliphatic hydroxyl groups is 1. The minimum Gasteiger partial charge on any atom is -0.389 e. The molecule has 5 N–H and O–H groups in total. The monoisotopic (exact) mass is 401 g/mol. The zero-order valence-corrected chi connectivity index (χ0v) is 16.8. The lowest BCUT2D eigenvalue weighted by Gasteiger charge is -2.14. The fraction of sp³-hybridized carbons (Fsp3) is 0.174. The van der Waals surface area contributed by atoms with Crippen LogP contribution in [0, 0.1) is 6.92 Å². The van der Waals surface area contributed by atoms with E-state index in [1.807, 2.05) is 43.3 Å². The number of carbonyl (C=O) groups is 1. The molecule has 0 saturated heterocycles. The normalized spacial score (nSPS) is 12.1. The molecule has 0 aliphatic rings. The number of hydrogen-bond donors (Lipinski definition) is 4. The van der Waals surface area contributed by atoms with Crippen LogP contribution < -0.4 is 11.1 Å². The molecule has 152 valence electrons. The molecular weight excluding hydrogens is 378 g/mol. The maximum atomic E-state index is 12.0. The van der Waals surface area contributed by atoms with Crippen LogP contribution in [0.15, 0.2) is 54.7 Å². The number of rotatable bonds is 6. The van der Waals surface area contributed by atoms with E-state index in [1.165, 1.54) is 0 Å². The second-order valence-electron chi connectivity index (χ2n) is 7.23. The maximum Gasteiger partial charge on any atom is 0.249 e. The van der Waals surface area contributed by atoms with Crippen molar-refractivity contribution in [1.29, 1.82) is 0 Å². The quantitative estimate of drug-likeness (QED) is 0.393. The molecule has 7 heteroatoms. The highest BCUT2D eigenvalue weighted by Crippen LogP contribution is 2.34. The minimum atomic E-state index is -0.734. The van der Waals surface area contributed by atoms with Crippen LogP contribution in [0.2, 0.25) is 0 Å². The molecule has 0 aliphatic carbocycles. The van der Waals surface area contributed by atoms with Crippen LogP contribution in [0.25, 0.3) is 22.3 Å². The summed E-state index contributed by atoms with van der Waals surface area (Å²) < 4.78 is 0. The summed E-state index contributed by atoms with van der Waals surface area (Å²) in [6, 6.07) is 15.3. The van der Waals surface area contributed by atoms with Crippen molar-refractivity contribution in [1.82, 2.24) is 15.0 Å². The van der Waals surface area contributed by atoms with Gasteiger partial charge in [0.15, 0.2) is 5.82 Å². The van der Waals surface area contributed by atoms with Gasteiger partial charge < -0.3 is 21.1 Å². The van der Waals surface area contributed by atoms with Gasteiger partial charge in [-0.2, -0.15) is 0 Å². The van der Waals surface area contributed by atoms with Crippen molar-refractivity contribution in [3.05, 3.63) is 77.1 Å². The summed E-state index contributed by atoms with van der Waals surface area (Å²) in [6.45, 7) is 4.13. The number of primary amides is 1. The zero-order chi connectivity index (χ0) is 21.3. The third kappa shape index (κ3) is 3.62. The summed E-state index contributed by atoms with van der Waals surface area (Å²) in [4.78, 5) is 24.5. The first-order valence-corrected chi connectivity index (χ1v) is 9.70. The Labute approximate surface area is 174 Å². The predicted molar refractivity (Wildman–Crippen MR) is 117 cm³/mol. The van der Waals surface area contributed by atoms with E-state index in [-0.39, 0.29) is 0 Å². The zero-order valence-electron chi connectivity index (χ0n) is 16.8. The molecule has 30 heavy (non-hydrogen) atoms. The molecule has 4 aromatic rings. The van der Waals surface area contributed by atoms with Gasteiger partial charge in [0.1, 0.15) is 5.82 Å². The maximum absolute atomic E-state index is 12.0. The molecule has 2 aromatic carbocycles. The molecular formula is C23H23N5O2. The molecule has 0 saturated carbocycles. The van der Waals surface area contributed by atoms with Gasteiger partial charge >= 0.3 is 0 Å². The topological polar surface area (TPSA) is 117 Å². The van der Waals surface area contributed by atoms with E-state index in [9.17, 15) is 9.90 Å². The van der Waals surface area contributed by atoms with E-state index >= 15 is 0 Å². The van der Waals surface area contributed by atoms with Gasteiger partial charge in [-0.1, -0.05) is 36.4 Å². The van der Waals surface area contributed by atoms with Gasteiger partial charge in [0, 0.05) is 46.0 Å². The Kier molecular flexibility index (Phi) is 5.20. The second-order valence-corrected chi connectivity index (χ2v) is 7.23. The van der Waals surface area contributed by atoms with Gasteiger partial charge in [-0.15, -0.1) is 0 Å². The first kappa shape index (κ1) is 19.6. The van der Waals surface area contributed by atoms with Gasteiger partial charge in [0.05, 0.1) is 6.10 Å². The van der Waals surface area contributed by atoms with Crippen molar-refractivity contribution in [3.8, 4) is 11.4 Å². The van der Waals surface area contributed by atoms with E-state index < -0.39 is 12.0 Å². The number of aryl methyl sites for hydroxylation is 1. The smallest absolute Gasteiger partial charge is 0.249 e. The number of anilines is 1. The van der Waals surface area contributed by atoms with Crippen LogP contribution in [0.3, 0.4) is 0 Å². The molecule has 0 radical (unpaired) electrons. The Balaban J connectivity index is 1.82. The van der Waals surface area contributed by atoms with Crippen molar-refractivity contribution in [2.45, 2.75) is 26.5 Å². The summed E-state index contributed by atoms with van der Waals surface area (Å²) in [5, 5.41) is 14.2. The van der Waals surface area contributed by atoms with Gasteiger partial charge in [0.2, 0.25) is 5.91 Å². The molecule has 1 atom stereocenters. The van der Waals surface area contributed by atoms with Gasteiger partial charge in [0.25, 0.3) is 0 Å². The Bertz CT molecular complexity index is 1220. The minimum absolute atomic E-state index is 0.411. The van der Waals surface area contributed by atoms with Crippen LogP contribution in [0.4, 0.5) is 5.82 Å².